The van der Waals surface area contributed by atoms with Gasteiger partial charge < -0.3 is 19.5 Å². The van der Waals surface area contributed by atoms with Crippen LogP contribution in [0.3, 0.4) is 0 Å². The number of halogens is 1. The summed E-state index contributed by atoms with van der Waals surface area (Å²) in [4.78, 5) is 17.5. The summed E-state index contributed by atoms with van der Waals surface area (Å²) in [6, 6.07) is 17.4. The molecule has 1 aliphatic heterocycles. The molecule has 0 unspecified atom stereocenters. The van der Waals surface area contributed by atoms with Gasteiger partial charge in [-0.15, -0.1) is 11.3 Å². The van der Waals surface area contributed by atoms with Crippen molar-refractivity contribution in [3.8, 4) is 10.8 Å². The van der Waals surface area contributed by atoms with Crippen LogP contribution in [-0.4, -0.2) is 22.6 Å². The van der Waals surface area contributed by atoms with Gasteiger partial charge in [0.15, 0.2) is 0 Å². The van der Waals surface area contributed by atoms with Gasteiger partial charge in [0.25, 0.3) is 0 Å². The van der Waals surface area contributed by atoms with Crippen LogP contribution in [0, 0.1) is 6.92 Å². The number of carbonyl (C=O) groups is 1. The number of anilines is 1. The van der Waals surface area contributed by atoms with Crippen LogP contribution in [0.25, 0.3) is 5.00 Å². The highest BCUT2D eigenvalue weighted by molar-refractivity contribution is 7.15. The van der Waals surface area contributed by atoms with E-state index in [0.717, 1.165) is 29.7 Å². The average molecular weight is 518 g/mol. The Balaban J connectivity index is 1.49. The van der Waals surface area contributed by atoms with Crippen molar-refractivity contribution < 1.29 is 9.53 Å². The summed E-state index contributed by atoms with van der Waals surface area (Å²) in [5, 5.41) is 5.08. The van der Waals surface area contributed by atoms with Gasteiger partial charge >= 0.3 is 6.03 Å². The van der Waals surface area contributed by atoms with E-state index in [1.54, 1.807) is 7.11 Å². The number of methoxy groups -OCH3 is 1. The standard InChI is InChI=1S/C29H28ClN3O2S/c1-18-9-14-25(35-2)23(16-18)31-29(34)33-17-22-21-6-3-4-8-26(21)36-28(22)32-15-5-7-24(32)27(33)19-10-12-20(30)13-11-19/h5,7,9-16,27H,3-4,6,8,17H2,1-2H3,(H,31,34)/t27-/m0/s1. The third-order valence-electron chi connectivity index (χ3n) is 7.22. The molecule has 5 nitrogen and oxygen atoms in total. The monoisotopic (exact) mass is 517 g/mol. The highest BCUT2D eigenvalue weighted by Gasteiger charge is 2.36. The zero-order valence-electron chi connectivity index (χ0n) is 20.4. The third kappa shape index (κ3) is 3.98. The first-order valence-corrected chi connectivity index (χ1v) is 13.5. The molecule has 4 aromatic rings. The van der Waals surface area contributed by atoms with E-state index in [4.69, 9.17) is 16.3 Å². The summed E-state index contributed by atoms with van der Waals surface area (Å²) >= 11 is 8.13. The van der Waals surface area contributed by atoms with Gasteiger partial charge in [-0.1, -0.05) is 29.8 Å². The fourth-order valence-corrected chi connectivity index (χ4v) is 7.02. The van der Waals surface area contributed by atoms with E-state index in [9.17, 15) is 4.79 Å². The number of carbonyl (C=O) groups excluding carboxylic acids is 1. The normalized spacial score (nSPS) is 16.5. The number of aromatic nitrogens is 1. The molecule has 1 N–H and O–H groups in total. The fourth-order valence-electron chi connectivity index (χ4n) is 5.49. The number of rotatable bonds is 3. The van der Waals surface area contributed by atoms with Gasteiger partial charge in [0, 0.05) is 21.7 Å². The van der Waals surface area contributed by atoms with E-state index in [1.165, 1.54) is 33.8 Å². The van der Waals surface area contributed by atoms with Gasteiger partial charge in [-0.2, -0.15) is 0 Å². The molecule has 1 aliphatic carbocycles. The van der Waals surface area contributed by atoms with E-state index in [0.29, 0.717) is 23.0 Å². The summed E-state index contributed by atoms with van der Waals surface area (Å²) in [6.45, 7) is 2.55. The Hall–Kier alpha value is -3.22. The average Bonchev–Trinajstić information content (AvgIpc) is 3.47. The van der Waals surface area contributed by atoms with Crippen molar-refractivity contribution in [3.05, 3.63) is 98.6 Å². The first kappa shape index (κ1) is 23.2. The van der Waals surface area contributed by atoms with Crippen molar-refractivity contribution in [1.29, 1.82) is 0 Å². The molecule has 1 atom stereocenters. The molecule has 0 fully saturated rings. The largest absolute Gasteiger partial charge is 0.495 e. The molecule has 0 radical (unpaired) electrons. The minimum Gasteiger partial charge on any atom is -0.495 e. The van der Waals surface area contributed by atoms with Crippen molar-refractivity contribution in [1.82, 2.24) is 9.47 Å². The van der Waals surface area contributed by atoms with Crippen molar-refractivity contribution in [2.75, 3.05) is 12.4 Å². The Morgan fingerprint density at radius 1 is 1.08 bits per heavy atom. The van der Waals surface area contributed by atoms with E-state index >= 15 is 0 Å². The van der Waals surface area contributed by atoms with Gasteiger partial charge in [-0.3, -0.25) is 0 Å². The molecule has 184 valence electrons. The molecule has 6 rings (SSSR count). The second-order valence-electron chi connectivity index (χ2n) is 9.51. The minimum absolute atomic E-state index is 0.157. The van der Waals surface area contributed by atoms with Crippen molar-refractivity contribution >= 4 is 34.7 Å². The van der Waals surface area contributed by atoms with Gasteiger partial charge in [0.1, 0.15) is 10.8 Å². The highest BCUT2D eigenvalue weighted by atomic mass is 35.5. The number of nitrogens with zero attached hydrogens (tertiary/aromatic N) is 2. The lowest BCUT2D eigenvalue weighted by atomic mass is 9.95. The molecule has 0 saturated carbocycles. The number of hydrogen-bond acceptors (Lipinski definition) is 3. The summed E-state index contributed by atoms with van der Waals surface area (Å²) < 4.78 is 7.84. The predicted octanol–water partition coefficient (Wildman–Crippen LogP) is 7.53. The number of aryl methyl sites for hydroxylation is 2. The molecular weight excluding hydrogens is 490 g/mol. The van der Waals surface area contributed by atoms with Crippen molar-refractivity contribution in [2.45, 2.75) is 45.2 Å². The second-order valence-corrected chi connectivity index (χ2v) is 11.0. The van der Waals surface area contributed by atoms with Crippen LogP contribution in [0.5, 0.6) is 5.75 Å². The van der Waals surface area contributed by atoms with E-state index in [2.05, 4.69) is 28.2 Å². The molecule has 3 heterocycles. The predicted molar refractivity (Wildman–Crippen MR) is 146 cm³/mol. The number of thiophene rings is 1. The Morgan fingerprint density at radius 2 is 1.89 bits per heavy atom. The summed E-state index contributed by atoms with van der Waals surface area (Å²) in [5.41, 5.74) is 6.53. The van der Waals surface area contributed by atoms with Crippen LogP contribution in [0.2, 0.25) is 5.02 Å². The summed E-state index contributed by atoms with van der Waals surface area (Å²) in [5.74, 6) is 0.642. The van der Waals surface area contributed by atoms with E-state index < -0.39 is 0 Å². The van der Waals surface area contributed by atoms with E-state index in [-0.39, 0.29) is 12.1 Å². The maximum atomic E-state index is 14.1. The van der Waals surface area contributed by atoms with Gasteiger partial charge in [0.2, 0.25) is 0 Å². The van der Waals surface area contributed by atoms with Crippen LogP contribution in [0.4, 0.5) is 10.5 Å². The Morgan fingerprint density at radius 3 is 2.69 bits per heavy atom. The van der Waals surface area contributed by atoms with E-state index in [1.807, 2.05) is 65.6 Å². The lowest BCUT2D eigenvalue weighted by molar-refractivity contribution is 0.194. The third-order valence-corrected chi connectivity index (χ3v) is 8.81. The van der Waals surface area contributed by atoms with Gasteiger partial charge in [0.05, 0.1) is 31.1 Å². The van der Waals surface area contributed by atoms with Gasteiger partial charge in [-0.25, -0.2) is 4.79 Å². The van der Waals surface area contributed by atoms with Crippen LogP contribution >= 0.6 is 22.9 Å². The van der Waals surface area contributed by atoms with Crippen molar-refractivity contribution in [2.24, 2.45) is 0 Å². The number of nitrogens with one attached hydrogen (secondary N) is 1. The first-order chi connectivity index (χ1) is 17.5. The first-order valence-electron chi connectivity index (χ1n) is 12.3. The Kier molecular flexibility index (Phi) is 6.02. The lowest BCUT2D eigenvalue weighted by Crippen LogP contribution is -2.38. The highest BCUT2D eigenvalue weighted by Crippen LogP contribution is 2.44. The van der Waals surface area contributed by atoms with Crippen LogP contribution < -0.4 is 10.1 Å². The molecule has 7 heteroatoms. The number of fused-ring (bicyclic) bond motifs is 5. The number of ether oxygens (including phenoxy) is 1. The smallest absolute Gasteiger partial charge is 0.323 e. The molecule has 0 saturated heterocycles. The van der Waals surface area contributed by atoms with Gasteiger partial charge in [-0.05, 0) is 85.7 Å². The van der Waals surface area contributed by atoms with Crippen LogP contribution in [-0.2, 0) is 19.4 Å². The molecule has 2 aromatic carbocycles. The molecule has 2 aliphatic rings. The second kappa shape index (κ2) is 9.34. The SMILES string of the molecule is COc1ccc(C)cc1NC(=O)N1Cc2c(sc3c2CCCC3)-n2cccc2[C@@H]1c1ccc(Cl)cc1. The molecule has 36 heavy (non-hydrogen) atoms. The number of urea groups is 1. The minimum atomic E-state index is -0.271. The topological polar surface area (TPSA) is 46.5 Å². The summed E-state index contributed by atoms with van der Waals surface area (Å²) in [7, 11) is 1.62. The zero-order chi connectivity index (χ0) is 24.8. The van der Waals surface area contributed by atoms with Crippen molar-refractivity contribution in [3.63, 3.8) is 0 Å². The Labute approximate surface area is 220 Å². The fraction of sp³-hybridized carbons (Fsp3) is 0.276. The molecule has 2 aromatic heterocycles. The summed E-state index contributed by atoms with van der Waals surface area (Å²) in [6.07, 6.45) is 6.75. The maximum Gasteiger partial charge on any atom is 0.323 e. The molecule has 0 spiro atoms. The molecular formula is C29H28ClN3O2S. The molecule has 2 amide bonds. The number of hydrogen-bond donors (Lipinski definition) is 1. The quantitative estimate of drug-likeness (QED) is 0.305. The lowest BCUT2D eigenvalue weighted by Gasteiger charge is -2.31. The van der Waals surface area contributed by atoms with Crippen LogP contribution in [0.1, 0.15) is 51.7 Å². The number of amides is 2. The van der Waals surface area contributed by atoms with Crippen LogP contribution in [0.15, 0.2) is 60.8 Å². The number of benzene rings is 2. The zero-order valence-corrected chi connectivity index (χ0v) is 22.0. The Bertz CT molecular complexity index is 1440. The maximum absolute atomic E-state index is 14.1. The molecule has 0 bridgehead atoms.